The first-order chi connectivity index (χ1) is 17.3. The van der Waals surface area contributed by atoms with E-state index in [0.29, 0.717) is 17.6 Å². The molecule has 35 heavy (non-hydrogen) atoms. The lowest BCUT2D eigenvalue weighted by Crippen LogP contribution is -2.29. The van der Waals surface area contributed by atoms with Crippen molar-refractivity contribution in [1.82, 2.24) is 20.2 Å². The molecule has 1 aliphatic heterocycles. The highest BCUT2D eigenvalue weighted by molar-refractivity contribution is 5.78. The number of anilines is 4. The number of nitriles is 1. The lowest BCUT2D eigenvalue weighted by molar-refractivity contribution is 0.373. The summed E-state index contributed by atoms with van der Waals surface area (Å²) >= 11 is 0. The van der Waals surface area contributed by atoms with Crippen molar-refractivity contribution < 1.29 is 0 Å². The van der Waals surface area contributed by atoms with Crippen molar-refractivity contribution in [2.75, 3.05) is 35.2 Å². The SMILES string of the molecule is N#Cc1cnc(Nc2cc(NCC3CCCCC3)c(-c3cccc(N4CCCCC4)c3)nn2)cn1. The number of aromatic nitrogens is 4. The third-order valence-corrected chi connectivity index (χ3v) is 6.96. The first-order valence-electron chi connectivity index (χ1n) is 12.7. The molecule has 1 aliphatic carbocycles. The molecule has 0 amide bonds. The Balaban J connectivity index is 1.41. The van der Waals surface area contributed by atoms with Gasteiger partial charge in [0.15, 0.2) is 11.5 Å². The normalized spacial score (nSPS) is 16.5. The lowest BCUT2D eigenvalue weighted by Gasteiger charge is -2.29. The van der Waals surface area contributed by atoms with Crippen molar-refractivity contribution in [1.29, 1.82) is 5.26 Å². The summed E-state index contributed by atoms with van der Waals surface area (Å²) in [6.07, 6.45) is 13.3. The molecule has 1 aromatic carbocycles. The second-order valence-electron chi connectivity index (χ2n) is 9.50. The van der Waals surface area contributed by atoms with Gasteiger partial charge in [0.1, 0.15) is 17.6 Å². The molecule has 5 rings (SSSR count). The van der Waals surface area contributed by atoms with Crippen molar-refractivity contribution in [3.63, 3.8) is 0 Å². The van der Waals surface area contributed by atoms with Gasteiger partial charge in [-0.15, -0.1) is 10.2 Å². The van der Waals surface area contributed by atoms with Crippen LogP contribution >= 0.6 is 0 Å². The largest absolute Gasteiger partial charge is 0.383 e. The van der Waals surface area contributed by atoms with E-state index in [0.717, 1.165) is 36.6 Å². The maximum atomic E-state index is 8.96. The smallest absolute Gasteiger partial charge is 0.158 e. The second kappa shape index (κ2) is 11.1. The Morgan fingerprint density at radius 2 is 1.74 bits per heavy atom. The molecule has 0 radical (unpaired) electrons. The predicted octanol–water partition coefficient (Wildman–Crippen LogP) is 5.53. The van der Waals surface area contributed by atoms with Gasteiger partial charge in [-0.1, -0.05) is 31.4 Å². The topological polar surface area (TPSA) is 103 Å². The zero-order valence-corrected chi connectivity index (χ0v) is 20.1. The molecule has 2 fully saturated rings. The molecular formula is C27H32N8. The Morgan fingerprint density at radius 3 is 2.51 bits per heavy atom. The molecule has 3 heterocycles. The van der Waals surface area contributed by atoms with Crippen LogP contribution in [0.5, 0.6) is 0 Å². The first kappa shape index (κ1) is 23.0. The van der Waals surface area contributed by atoms with Crippen LogP contribution in [0.2, 0.25) is 0 Å². The van der Waals surface area contributed by atoms with Gasteiger partial charge < -0.3 is 15.5 Å². The molecule has 2 aliphatic rings. The maximum absolute atomic E-state index is 8.96. The van der Waals surface area contributed by atoms with E-state index in [4.69, 9.17) is 5.26 Å². The van der Waals surface area contributed by atoms with Crippen LogP contribution in [0.4, 0.5) is 23.0 Å². The summed E-state index contributed by atoms with van der Waals surface area (Å²) in [7, 11) is 0. The molecule has 0 unspecified atom stereocenters. The fraction of sp³-hybridized carbons (Fsp3) is 0.444. The number of hydrogen-bond donors (Lipinski definition) is 2. The van der Waals surface area contributed by atoms with E-state index in [1.807, 2.05) is 12.1 Å². The molecule has 0 spiro atoms. The van der Waals surface area contributed by atoms with Crippen molar-refractivity contribution in [2.45, 2.75) is 51.4 Å². The minimum atomic E-state index is 0.278. The Labute approximate surface area is 206 Å². The molecule has 3 aromatic rings. The third-order valence-electron chi connectivity index (χ3n) is 6.96. The monoisotopic (exact) mass is 468 g/mol. The fourth-order valence-electron chi connectivity index (χ4n) is 5.03. The lowest BCUT2D eigenvalue weighted by atomic mass is 9.89. The van der Waals surface area contributed by atoms with Crippen molar-refractivity contribution >= 4 is 23.0 Å². The van der Waals surface area contributed by atoms with Crippen molar-refractivity contribution in [3.05, 3.63) is 48.4 Å². The number of benzene rings is 1. The molecule has 8 nitrogen and oxygen atoms in total. The number of rotatable bonds is 7. The number of nitrogens with one attached hydrogen (secondary N) is 2. The van der Waals surface area contributed by atoms with Gasteiger partial charge in [0.25, 0.3) is 0 Å². The second-order valence-corrected chi connectivity index (χ2v) is 9.50. The molecule has 1 saturated carbocycles. The van der Waals surface area contributed by atoms with Gasteiger partial charge in [-0.2, -0.15) is 5.26 Å². The maximum Gasteiger partial charge on any atom is 0.158 e. The molecule has 0 bridgehead atoms. The van der Waals surface area contributed by atoms with Gasteiger partial charge in [0.05, 0.1) is 18.1 Å². The van der Waals surface area contributed by atoms with Crippen LogP contribution in [0, 0.1) is 17.2 Å². The summed E-state index contributed by atoms with van der Waals surface area (Å²) in [5, 5.41) is 24.9. The number of piperidine rings is 1. The van der Waals surface area contributed by atoms with Gasteiger partial charge in [-0.3, -0.25) is 0 Å². The van der Waals surface area contributed by atoms with Crippen LogP contribution < -0.4 is 15.5 Å². The molecular weight excluding hydrogens is 436 g/mol. The van der Waals surface area contributed by atoms with Gasteiger partial charge >= 0.3 is 0 Å². The summed E-state index contributed by atoms with van der Waals surface area (Å²) < 4.78 is 0. The fourth-order valence-corrected chi connectivity index (χ4v) is 5.03. The summed E-state index contributed by atoms with van der Waals surface area (Å²) in [5.74, 6) is 1.80. The Hall–Kier alpha value is -3.73. The quantitative estimate of drug-likeness (QED) is 0.466. The highest BCUT2D eigenvalue weighted by atomic mass is 15.2. The molecule has 8 heteroatoms. The zero-order valence-electron chi connectivity index (χ0n) is 20.1. The van der Waals surface area contributed by atoms with E-state index in [2.05, 4.69) is 60.0 Å². The minimum Gasteiger partial charge on any atom is -0.383 e. The zero-order chi connectivity index (χ0) is 23.9. The number of hydrogen-bond acceptors (Lipinski definition) is 8. The third kappa shape index (κ3) is 5.86. The average molecular weight is 469 g/mol. The van der Waals surface area contributed by atoms with Crippen molar-refractivity contribution in [3.8, 4) is 17.3 Å². The molecule has 0 atom stereocenters. The van der Waals surface area contributed by atoms with Crippen molar-refractivity contribution in [2.24, 2.45) is 5.92 Å². The molecule has 180 valence electrons. The van der Waals surface area contributed by atoms with Crippen LogP contribution in [0.15, 0.2) is 42.7 Å². The standard InChI is InChI=1S/C27H32N8/c28-16-22-18-31-26(19-29-22)32-25-15-24(30-17-20-8-3-1-4-9-20)27(34-33-25)21-10-7-11-23(14-21)35-12-5-2-6-13-35/h7,10-11,14-15,18-20H,1-6,8-9,12-13,17H2,(H2,30,31,32,33). The Bertz CT molecular complexity index is 1160. The summed E-state index contributed by atoms with van der Waals surface area (Å²) in [4.78, 5) is 10.8. The van der Waals surface area contributed by atoms with Crippen LogP contribution in [-0.4, -0.2) is 39.8 Å². The summed E-state index contributed by atoms with van der Waals surface area (Å²) in [5.41, 5.74) is 4.41. The van der Waals surface area contributed by atoms with Gasteiger partial charge in [-0.25, -0.2) is 9.97 Å². The van der Waals surface area contributed by atoms with Gasteiger partial charge in [-0.05, 0) is 50.2 Å². The van der Waals surface area contributed by atoms with E-state index in [1.165, 1.54) is 69.4 Å². The molecule has 1 saturated heterocycles. The highest BCUT2D eigenvalue weighted by Gasteiger charge is 2.17. The van der Waals surface area contributed by atoms with E-state index in [1.54, 1.807) is 0 Å². The highest BCUT2D eigenvalue weighted by Crippen LogP contribution is 2.32. The van der Waals surface area contributed by atoms with E-state index in [9.17, 15) is 0 Å². The molecule has 2 N–H and O–H groups in total. The summed E-state index contributed by atoms with van der Waals surface area (Å²) in [6.45, 7) is 3.15. The van der Waals surface area contributed by atoms with E-state index < -0.39 is 0 Å². The van der Waals surface area contributed by atoms with Crippen LogP contribution in [-0.2, 0) is 0 Å². The van der Waals surface area contributed by atoms with Crippen LogP contribution in [0.1, 0.15) is 57.1 Å². The van der Waals surface area contributed by atoms with Crippen LogP contribution in [0.25, 0.3) is 11.3 Å². The minimum absolute atomic E-state index is 0.278. The number of nitrogens with zero attached hydrogens (tertiary/aromatic N) is 6. The van der Waals surface area contributed by atoms with E-state index >= 15 is 0 Å². The summed E-state index contributed by atoms with van der Waals surface area (Å²) in [6, 6.07) is 12.6. The Morgan fingerprint density at radius 1 is 0.914 bits per heavy atom. The van der Waals surface area contributed by atoms with Gasteiger partial charge in [0, 0.05) is 37.0 Å². The van der Waals surface area contributed by atoms with Gasteiger partial charge in [0.2, 0.25) is 0 Å². The van der Waals surface area contributed by atoms with Crippen LogP contribution in [0.3, 0.4) is 0 Å². The average Bonchev–Trinajstić information content (AvgIpc) is 2.93. The Kier molecular flexibility index (Phi) is 7.32. The predicted molar refractivity (Wildman–Crippen MR) is 139 cm³/mol. The van der Waals surface area contributed by atoms with E-state index in [-0.39, 0.29) is 5.69 Å². The first-order valence-corrected chi connectivity index (χ1v) is 12.7. The molecule has 2 aromatic heterocycles.